The fourth-order valence-corrected chi connectivity index (χ4v) is 3.39. The van der Waals surface area contributed by atoms with Crippen LogP contribution in [0.25, 0.3) is 22.4 Å². The Balaban J connectivity index is 0.000000231. The van der Waals surface area contributed by atoms with Crippen molar-refractivity contribution in [1.82, 2.24) is 24.5 Å². The van der Waals surface area contributed by atoms with Crippen LogP contribution in [-0.2, 0) is 18.0 Å². The summed E-state index contributed by atoms with van der Waals surface area (Å²) in [5.41, 5.74) is -0.877. The van der Waals surface area contributed by atoms with Crippen LogP contribution in [0.2, 0.25) is 0 Å². The Bertz CT molecular complexity index is 1440. The van der Waals surface area contributed by atoms with E-state index in [4.69, 9.17) is 4.74 Å². The highest BCUT2D eigenvalue weighted by atomic mass is 19.4. The number of aryl methyl sites for hydroxylation is 3. The predicted octanol–water partition coefficient (Wildman–Crippen LogP) is 5.57. The summed E-state index contributed by atoms with van der Waals surface area (Å²) in [5, 5.41) is 0. The minimum absolute atomic E-state index is 0.0347. The summed E-state index contributed by atoms with van der Waals surface area (Å²) in [6, 6.07) is 6.36. The zero-order chi connectivity index (χ0) is 27.9. The minimum atomic E-state index is -5.00. The van der Waals surface area contributed by atoms with E-state index >= 15 is 0 Å². The number of alkyl halides is 3. The van der Waals surface area contributed by atoms with Crippen LogP contribution in [0, 0.1) is 25.5 Å². The summed E-state index contributed by atoms with van der Waals surface area (Å²) in [7, 11) is 1.72. The molecule has 12 heteroatoms. The third kappa shape index (κ3) is 7.15. The average molecular weight is 536 g/mol. The number of nitrogens with zero attached hydrogens (tertiary/aromatic N) is 5. The second kappa shape index (κ2) is 12.6. The number of hydrogen-bond acceptors (Lipinski definition) is 6. The Morgan fingerprint density at radius 3 is 2.11 bits per heavy atom. The first-order valence-corrected chi connectivity index (χ1v) is 11.7. The van der Waals surface area contributed by atoms with E-state index in [-0.39, 0.29) is 22.4 Å². The van der Waals surface area contributed by atoms with E-state index in [0.29, 0.717) is 17.5 Å². The predicted molar refractivity (Wildman–Crippen MR) is 131 cm³/mol. The summed E-state index contributed by atoms with van der Waals surface area (Å²) in [5.74, 6) is -3.63. The zero-order valence-corrected chi connectivity index (χ0v) is 21.0. The number of hydrogen-bond donors (Lipinski definition) is 0. The number of halogens is 5. The summed E-state index contributed by atoms with van der Waals surface area (Å²) < 4.78 is 72.6. The smallest absolute Gasteiger partial charge is 0.381 e. The number of rotatable bonds is 1. The molecule has 0 aliphatic carbocycles. The molecule has 4 heterocycles. The molecule has 1 aliphatic rings. The first kappa shape index (κ1) is 28.8. The van der Waals surface area contributed by atoms with E-state index in [2.05, 4.69) is 19.9 Å². The summed E-state index contributed by atoms with van der Waals surface area (Å²) in [4.78, 5) is 26.7. The van der Waals surface area contributed by atoms with Crippen molar-refractivity contribution >= 4 is 11.2 Å². The Morgan fingerprint density at radius 2 is 1.58 bits per heavy atom. The molecule has 1 aromatic carbocycles. The van der Waals surface area contributed by atoms with Gasteiger partial charge >= 0.3 is 6.18 Å². The van der Waals surface area contributed by atoms with E-state index < -0.39 is 28.9 Å². The Labute approximate surface area is 215 Å². The molecule has 7 nitrogen and oxygen atoms in total. The number of ether oxygens (including phenoxy) is 1. The van der Waals surface area contributed by atoms with Crippen molar-refractivity contribution in [2.75, 3.05) is 13.2 Å². The van der Waals surface area contributed by atoms with Crippen LogP contribution in [-0.4, -0.2) is 37.7 Å². The lowest BCUT2D eigenvalue weighted by molar-refractivity contribution is -0.140. The fraction of sp³-hybridized carbons (Fsp3) is 0.346. The van der Waals surface area contributed by atoms with Gasteiger partial charge in [0.25, 0.3) is 0 Å². The quantitative estimate of drug-likeness (QED) is 0.296. The lowest BCUT2D eigenvalue weighted by Crippen LogP contribution is -2.12. The van der Waals surface area contributed by atoms with Gasteiger partial charge in [-0.3, -0.25) is 4.79 Å². The zero-order valence-electron chi connectivity index (χ0n) is 21.0. The second-order valence-corrected chi connectivity index (χ2v) is 8.40. The van der Waals surface area contributed by atoms with Crippen LogP contribution in [0.5, 0.6) is 0 Å². The van der Waals surface area contributed by atoms with Gasteiger partial charge < -0.3 is 9.30 Å². The third-order valence-corrected chi connectivity index (χ3v) is 5.61. The van der Waals surface area contributed by atoms with Crippen molar-refractivity contribution in [2.45, 2.75) is 39.3 Å². The van der Waals surface area contributed by atoms with Crippen LogP contribution in [0.4, 0.5) is 22.0 Å². The molecule has 0 radical (unpaired) electrons. The number of pyridine rings is 1. The van der Waals surface area contributed by atoms with Gasteiger partial charge in [-0.15, -0.1) is 0 Å². The van der Waals surface area contributed by atoms with Gasteiger partial charge in [-0.1, -0.05) is 6.07 Å². The first-order valence-electron chi connectivity index (χ1n) is 11.7. The maximum absolute atomic E-state index is 14.2. The molecular weight excluding hydrogens is 509 g/mol. The van der Waals surface area contributed by atoms with Crippen molar-refractivity contribution in [1.29, 1.82) is 0 Å². The second-order valence-electron chi connectivity index (χ2n) is 8.40. The van der Waals surface area contributed by atoms with Crippen molar-refractivity contribution in [2.24, 2.45) is 7.05 Å². The highest BCUT2D eigenvalue weighted by Gasteiger charge is 2.36. The molecule has 4 aromatic rings. The Morgan fingerprint density at radius 1 is 0.895 bits per heavy atom. The van der Waals surface area contributed by atoms with Gasteiger partial charge in [-0.05, 0) is 51.3 Å². The summed E-state index contributed by atoms with van der Waals surface area (Å²) in [6.45, 7) is 5.35. The van der Waals surface area contributed by atoms with Crippen molar-refractivity contribution < 1.29 is 26.7 Å². The third-order valence-electron chi connectivity index (χ3n) is 5.61. The lowest BCUT2D eigenvalue weighted by Gasteiger charge is -2.12. The van der Waals surface area contributed by atoms with Crippen molar-refractivity contribution in [3.8, 4) is 11.3 Å². The SMILES string of the molecule is C1CCOCC1.Cc1nc2ncnc(-c3ccc(C(F)(F)F)c(F)c3F)c2nc1C.Cn1ccccc1=O. The van der Waals surface area contributed by atoms with E-state index in [1.165, 1.54) is 29.9 Å². The molecule has 0 bridgehead atoms. The Hall–Kier alpha value is -3.80. The average Bonchev–Trinajstić information content (AvgIpc) is 2.89. The van der Waals surface area contributed by atoms with E-state index in [0.717, 1.165) is 25.6 Å². The molecule has 0 N–H and O–H groups in total. The van der Waals surface area contributed by atoms with E-state index in [1.54, 1.807) is 33.2 Å². The summed E-state index contributed by atoms with van der Waals surface area (Å²) in [6.07, 6.45) is 1.73. The van der Waals surface area contributed by atoms with Crippen LogP contribution in [0.3, 0.4) is 0 Å². The van der Waals surface area contributed by atoms with Gasteiger partial charge in [0.05, 0.1) is 17.0 Å². The maximum Gasteiger partial charge on any atom is 0.419 e. The largest absolute Gasteiger partial charge is 0.419 e. The molecule has 1 saturated heterocycles. The summed E-state index contributed by atoms with van der Waals surface area (Å²) >= 11 is 0. The van der Waals surface area contributed by atoms with Gasteiger partial charge in [0.1, 0.15) is 17.5 Å². The monoisotopic (exact) mass is 535 g/mol. The normalized spacial score (nSPS) is 13.3. The molecule has 3 aromatic heterocycles. The van der Waals surface area contributed by atoms with Gasteiger partial charge in [-0.2, -0.15) is 13.2 Å². The van der Waals surface area contributed by atoms with Crippen LogP contribution in [0.15, 0.2) is 47.7 Å². The molecule has 1 fully saturated rings. The Kier molecular flexibility index (Phi) is 9.56. The van der Waals surface area contributed by atoms with Crippen molar-refractivity contribution in [3.63, 3.8) is 0 Å². The molecule has 202 valence electrons. The standard InChI is InChI=1S/C15H9F5N4.C6H7NO.C5H10O/c1-6-7(2)24-14-13(23-6)12(21-5-22-14)8-3-4-9(15(18,19)20)11(17)10(8)16;1-7-5-3-2-4-6(7)8;1-2-4-6-5-3-1/h3-5H,1-2H3;2-5H,1H3;1-5H2. The van der Waals surface area contributed by atoms with E-state index in [9.17, 15) is 26.7 Å². The number of benzene rings is 1. The number of aromatic nitrogens is 5. The van der Waals surface area contributed by atoms with Gasteiger partial charge in [-0.25, -0.2) is 28.7 Å². The van der Waals surface area contributed by atoms with E-state index in [1.807, 2.05) is 6.07 Å². The van der Waals surface area contributed by atoms with Gasteiger partial charge in [0.2, 0.25) is 5.56 Å². The molecule has 0 unspecified atom stereocenters. The van der Waals surface area contributed by atoms with Gasteiger partial charge in [0.15, 0.2) is 17.3 Å². The molecule has 5 rings (SSSR count). The van der Waals surface area contributed by atoms with Crippen LogP contribution < -0.4 is 5.56 Å². The molecule has 0 atom stereocenters. The molecule has 1 aliphatic heterocycles. The first-order chi connectivity index (χ1) is 18.0. The van der Waals surface area contributed by atoms with Crippen molar-refractivity contribution in [3.05, 3.63) is 81.8 Å². The minimum Gasteiger partial charge on any atom is -0.381 e. The van der Waals surface area contributed by atoms with Gasteiger partial charge in [0, 0.05) is 38.1 Å². The van der Waals surface area contributed by atoms with Crippen LogP contribution in [0.1, 0.15) is 36.2 Å². The molecular formula is C26H26F5N5O2. The highest BCUT2D eigenvalue weighted by molar-refractivity contribution is 5.86. The maximum atomic E-state index is 14.2. The molecule has 0 amide bonds. The number of fused-ring (bicyclic) bond motifs is 1. The van der Waals surface area contributed by atoms with Crippen LogP contribution >= 0.6 is 0 Å². The molecule has 0 spiro atoms. The lowest BCUT2D eigenvalue weighted by atomic mass is 10.1. The fourth-order valence-electron chi connectivity index (χ4n) is 3.39. The highest BCUT2D eigenvalue weighted by Crippen LogP contribution is 2.36. The topological polar surface area (TPSA) is 82.8 Å². The molecule has 38 heavy (non-hydrogen) atoms. The molecule has 0 saturated carbocycles.